The van der Waals surface area contributed by atoms with Crippen LogP contribution in [0.1, 0.15) is 35.9 Å². The van der Waals surface area contributed by atoms with Gasteiger partial charge in [-0.05, 0) is 41.8 Å². The summed E-state index contributed by atoms with van der Waals surface area (Å²) in [6, 6.07) is 13.3. The molecular formula is C19H18N4O. The first kappa shape index (κ1) is 14.5. The number of hydrogen-bond acceptors (Lipinski definition) is 2. The van der Waals surface area contributed by atoms with E-state index in [4.69, 9.17) is 0 Å². The minimum Gasteiger partial charge on any atom is -0.361 e. The number of aromatic amines is 2. The monoisotopic (exact) mass is 318 g/mol. The first-order chi connectivity index (χ1) is 11.6. The van der Waals surface area contributed by atoms with Crippen molar-refractivity contribution in [2.75, 3.05) is 5.32 Å². The Morgan fingerprint density at radius 3 is 2.79 bits per heavy atom. The van der Waals surface area contributed by atoms with Gasteiger partial charge in [-0.3, -0.25) is 4.79 Å². The number of aromatic nitrogens is 3. The van der Waals surface area contributed by atoms with Crippen molar-refractivity contribution in [1.82, 2.24) is 15.0 Å². The van der Waals surface area contributed by atoms with Crippen molar-refractivity contribution < 1.29 is 4.79 Å². The van der Waals surface area contributed by atoms with Gasteiger partial charge < -0.3 is 15.3 Å². The van der Waals surface area contributed by atoms with Gasteiger partial charge in [-0.25, -0.2) is 4.98 Å². The van der Waals surface area contributed by atoms with Crippen LogP contribution >= 0.6 is 0 Å². The maximum Gasteiger partial charge on any atom is 0.255 e. The molecule has 0 aliphatic carbocycles. The molecule has 3 N–H and O–H groups in total. The molecule has 0 aliphatic rings. The zero-order valence-corrected chi connectivity index (χ0v) is 13.6. The molecule has 120 valence electrons. The summed E-state index contributed by atoms with van der Waals surface area (Å²) < 4.78 is 0. The van der Waals surface area contributed by atoms with Crippen molar-refractivity contribution in [3.05, 3.63) is 60.0 Å². The Hall–Kier alpha value is -3.08. The Kier molecular flexibility index (Phi) is 3.34. The smallest absolute Gasteiger partial charge is 0.255 e. The molecule has 24 heavy (non-hydrogen) atoms. The summed E-state index contributed by atoms with van der Waals surface area (Å²) >= 11 is 0. The van der Waals surface area contributed by atoms with Gasteiger partial charge in [0.2, 0.25) is 0 Å². The van der Waals surface area contributed by atoms with Crippen molar-refractivity contribution >= 4 is 33.5 Å². The highest BCUT2D eigenvalue weighted by molar-refractivity contribution is 6.06. The number of hydrogen-bond donors (Lipinski definition) is 3. The lowest BCUT2D eigenvalue weighted by atomic mass is 10.1. The SMILES string of the molecule is CC(C)c1nc2ccc(NC(=O)c3ccc4cc[nH]c4c3)cc2[nH]1. The van der Waals surface area contributed by atoms with Crippen molar-refractivity contribution in [3.63, 3.8) is 0 Å². The van der Waals surface area contributed by atoms with Gasteiger partial charge in [0.15, 0.2) is 0 Å². The number of anilines is 1. The molecule has 0 aliphatic heterocycles. The van der Waals surface area contributed by atoms with Crippen molar-refractivity contribution in [3.8, 4) is 0 Å². The molecule has 0 saturated heterocycles. The van der Waals surface area contributed by atoms with Gasteiger partial charge >= 0.3 is 0 Å². The van der Waals surface area contributed by atoms with E-state index in [0.717, 1.165) is 33.4 Å². The highest BCUT2D eigenvalue weighted by Crippen LogP contribution is 2.21. The number of nitrogens with one attached hydrogen (secondary N) is 3. The standard InChI is InChI=1S/C19H18N4O/c1-11(2)18-22-15-6-5-14(10-17(15)23-18)21-19(24)13-4-3-12-7-8-20-16(12)9-13/h3-11,20H,1-2H3,(H,21,24)(H,22,23). The number of fused-ring (bicyclic) bond motifs is 2. The van der Waals surface area contributed by atoms with Crippen LogP contribution in [0.15, 0.2) is 48.7 Å². The van der Waals surface area contributed by atoms with Crippen LogP contribution in [0.5, 0.6) is 0 Å². The Morgan fingerprint density at radius 2 is 1.96 bits per heavy atom. The average Bonchev–Trinajstić information content (AvgIpc) is 3.20. The molecule has 2 aromatic heterocycles. The second kappa shape index (κ2) is 5.53. The van der Waals surface area contributed by atoms with E-state index in [1.165, 1.54) is 0 Å². The van der Waals surface area contributed by atoms with E-state index >= 15 is 0 Å². The van der Waals surface area contributed by atoms with Gasteiger partial charge in [0.1, 0.15) is 5.82 Å². The highest BCUT2D eigenvalue weighted by Gasteiger charge is 2.10. The minimum absolute atomic E-state index is 0.130. The molecule has 2 heterocycles. The van der Waals surface area contributed by atoms with E-state index < -0.39 is 0 Å². The molecule has 4 aromatic rings. The quantitative estimate of drug-likeness (QED) is 0.523. The molecule has 0 saturated carbocycles. The summed E-state index contributed by atoms with van der Waals surface area (Å²) in [5.41, 5.74) is 4.16. The molecular weight excluding hydrogens is 300 g/mol. The van der Waals surface area contributed by atoms with Crippen LogP contribution in [0.4, 0.5) is 5.69 Å². The van der Waals surface area contributed by atoms with Crippen molar-refractivity contribution in [1.29, 1.82) is 0 Å². The van der Waals surface area contributed by atoms with E-state index in [1.807, 2.05) is 48.7 Å². The van der Waals surface area contributed by atoms with Gasteiger partial charge in [-0.1, -0.05) is 19.9 Å². The Balaban J connectivity index is 1.61. The number of imidazole rings is 1. The average molecular weight is 318 g/mol. The van der Waals surface area contributed by atoms with Gasteiger partial charge in [-0.2, -0.15) is 0 Å². The summed E-state index contributed by atoms with van der Waals surface area (Å²) in [4.78, 5) is 23.4. The van der Waals surface area contributed by atoms with Crippen LogP contribution < -0.4 is 5.32 Å². The van der Waals surface area contributed by atoms with Gasteiger partial charge in [0.25, 0.3) is 5.91 Å². The molecule has 5 heteroatoms. The summed E-state index contributed by atoms with van der Waals surface area (Å²) in [7, 11) is 0. The third kappa shape index (κ3) is 2.54. The third-order valence-corrected chi connectivity index (χ3v) is 4.12. The van der Waals surface area contributed by atoms with Crippen LogP contribution in [0.2, 0.25) is 0 Å². The largest absolute Gasteiger partial charge is 0.361 e. The lowest BCUT2D eigenvalue weighted by Gasteiger charge is -2.05. The highest BCUT2D eigenvalue weighted by atomic mass is 16.1. The van der Waals surface area contributed by atoms with E-state index in [2.05, 4.69) is 34.1 Å². The predicted molar refractivity (Wildman–Crippen MR) is 96.4 cm³/mol. The van der Waals surface area contributed by atoms with E-state index in [9.17, 15) is 4.79 Å². The lowest BCUT2D eigenvalue weighted by molar-refractivity contribution is 0.102. The fourth-order valence-corrected chi connectivity index (χ4v) is 2.77. The first-order valence-corrected chi connectivity index (χ1v) is 7.98. The van der Waals surface area contributed by atoms with Crippen LogP contribution in [0.3, 0.4) is 0 Å². The molecule has 0 bridgehead atoms. The molecule has 5 nitrogen and oxygen atoms in total. The molecule has 2 aromatic carbocycles. The number of carbonyl (C=O) groups is 1. The first-order valence-electron chi connectivity index (χ1n) is 7.98. The minimum atomic E-state index is -0.130. The topological polar surface area (TPSA) is 73.6 Å². The molecule has 0 unspecified atom stereocenters. The molecule has 0 atom stereocenters. The zero-order chi connectivity index (χ0) is 16.7. The van der Waals surface area contributed by atoms with Crippen LogP contribution in [0.25, 0.3) is 21.9 Å². The number of rotatable bonds is 3. The molecule has 4 rings (SSSR count). The van der Waals surface area contributed by atoms with Crippen molar-refractivity contribution in [2.24, 2.45) is 0 Å². The van der Waals surface area contributed by atoms with Crippen LogP contribution in [-0.4, -0.2) is 20.9 Å². The fraction of sp³-hybridized carbons (Fsp3) is 0.158. The summed E-state index contributed by atoms with van der Waals surface area (Å²) in [6.45, 7) is 4.19. The molecule has 0 radical (unpaired) electrons. The number of benzene rings is 2. The van der Waals surface area contributed by atoms with Gasteiger partial charge in [0.05, 0.1) is 11.0 Å². The zero-order valence-electron chi connectivity index (χ0n) is 13.6. The predicted octanol–water partition coefficient (Wildman–Crippen LogP) is 4.42. The number of nitrogens with zero attached hydrogens (tertiary/aromatic N) is 1. The summed E-state index contributed by atoms with van der Waals surface area (Å²) in [6.07, 6.45) is 1.87. The summed E-state index contributed by atoms with van der Waals surface area (Å²) in [5.74, 6) is 1.16. The normalized spacial score (nSPS) is 11.5. The van der Waals surface area contributed by atoms with E-state index in [0.29, 0.717) is 11.5 Å². The second-order valence-electron chi connectivity index (χ2n) is 6.24. The molecule has 0 spiro atoms. The summed E-state index contributed by atoms with van der Waals surface area (Å²) in [5, 5.41) is 4.03. The maximum absolute atomic E-state index is 12.5. The number of amides is 1. The lowest BCUT2D eigenvalue weighted by Crippen LogP contribution is -2.11. The van der Waals surface area contributed by atoms with Gasteiger partial charge in [-0.15, -0.1) is 0 Å². The van der Waals surface area contributed by atoms with E-state index in [-0.39, 0.29) is 5.91 Å². The Labute approximate surface area is 139 Å². The number of carbonyl (C=O) groups excluding carboxylic acids is 1. The molecule has 1 amide bonds. The Morgan fingerprint density at radius 1 is 1.08 bits per heavy atom. The van der Waals surface area contributed by atoms with Crippen molar-refractivity contribution in [2.45, 2.75) is 19.8 Å². The van der Waals surface area contributed by atoms with Crippen LogP contribution in [0, 0.1) is 0 Å². The second-order valence-corrected chi connectivity index (χ2v) is 6.24. The molecule has 0 fully saturated rings. The fourth-order valence-electron chi connectivity index (χ4n) is 2.77. The Bertz CT molecular complexity index is 1040. The third-order valence-electron chi connectivity index (χ3n) is 4.12. The van der Waals surface area contributed by atoms with E-state index in [1.54, 1.807) is 0 Å². The maximum atomic E-state index is 12.5. The van der Waals surface area contributed by atoms with Crippen LogP contribution in [-0.2, 0) is 0 Å². The number of H-pyrrole nitrogens is 2. The van der Waals surface area contributed by atoms with Gasteiger partial charge in [0, 0.05) is 28.9 Å².